The van der Waals surface area contributed by atoms with Crippen molar-refractivity contribution in [2.45, 2.75) is 6.92 Å². The van der Waals surface area contributed by atoms with E-state index in [1.54, 1.807) is 24.4 Å². The minimum atomic E-state index is -1.06. The van der Waals surface area contributed by atoms with E-state index in [1.807, 2.05) is 25.2 Å². The largest absolute Gasteiger partial charge is 0.478 e. The maximum atomic E-state index is 11.0. The maximum Gasteiger partial charge on any atom is 0.337 e. The number of aromatic carboxylic acids is 1. The first-order chi connectivity index (χ1) is 10.5. The summed E-state index contributed by atoms with van der Waals surface area (Å²) in [5.41, 5.74) is 8.79. The Morgan fingerprint density at radius 3 is 2.73 bits per heavy atom. The highest BCUT2D eigenvalue weighted by Crippen LogP contribution is 2.22. The molecule has 0 spiro atoms. The summed E-state index contributed by atoms with van der Waals surface area (Å²) in [6.07, 6.45) is 8.97. The van der Waals surface area contributed by atoms with E-state index in [9.17, 15) is 10.1 Å². The number of nitrogens with zero attached hydrogens (tertiary/aromatic N) is 1. The summed E-state index contributed by atoms with van der Waals surface area (Å²) in [5, 5.41) is 21.3. The van der Waals surface area contributed by atoms with Gasteiger partial charge in [-0.1, -0.05) is 12.1 Å². The van der Waals surface area contributed by atoms with Gasteiger partial charge in [0.05, 0.1) is 16.8 Å². The number of nitrogens with two attached hydrogens (primary N) is 1. The van der Waals surface area contributed by atoms with Gasteiger partial charge in [0.15, 0.2) is 0 Å². The van der Waals surface area contributed by atoms with Crippen molar-refractivity contribution in [2.24, 2.45) is 0 Å². The fraction of sp³-hybridized carbons (Fsp3) is 0.0588. The molecule has 0 aromatic heterocycles. The van der Waals surface area contributed by atoms with Crippen LogP contribution in [0.5, 0.6) is 0 Å². The van der Waals surface area contributed by atoms with Crippen molar-refractivity contribution < 1.29 is 9.90 Å². The van der Waals surface area contributed by atoms with Crippen LogP contribution in [0, 0.1) is 11.3 Å². The molecule has 0 bridgehead atoms. The molecule has 0 radical (unpaired) electrons. The maximum absolute atomic E-state index is 11.0. The van der Waals surface area contributed by atoms with Gasteiger partial charge in [0.2, 0.25) is 0 Å². The molecule has 0 saturated carbocycles. The number of carboxylic acids is 1. The van der Waals surface area contributed by atoms with Gasteiger partial charge in [0, 0.05) is 11.9 Å². The topological polar surface area (TPSA) is 99.1 Å². The van der Waals surface area contributed by atoms with Crippen molar-refractivity contribution >= 4 is 17.2 Å². The van der Waals surface area contributed by atoms with E-state index < -0.39 is 5.97 Å². The normalized spacial score (nSPS) is 15.9. The third kappa shape index (κ3) is 3.25. The minimum absolute atomic E-state index is 0.0671. The molecule has 1 aromatic carbocycles. The Labute approximate surface area is 128 Å². The number of carbonyl (C=O) groups is 1. The molecule has 0 saturated heterocycles. The Bertz CT molecular complexity index is 778. The molecule has 110 valence electrons. The Morgan fingerprint density at radius 2 is 2.18 bits per heavy atom. The number of hydrogen-bond acceptors (Lipinski definition) is 4. The highest BCUT2D eigenvalue weighted by Gasteiger charge is 2.09. The number of nitrogen functional groups attached to an aromatic ring is 1. The lowest BCUT2D eigenvalue weighted by molar-refractivity contribution is 0.0698. The van der Waals surface area contributed by atoms with E-state index in [0.717, 1.165) is 11.1 Å². The van der Waals surface area contributed by atoms with Crippen molar-refractivity contribution in [3.63, 3.8) is 0 Å². The van der Waals surface area contributed by atoms with Crippen LogP contribution in [0.25, 0.3) is 5.57 Å². The number of carboxylic acid groups (broad SMARTS) is 1. The van der Waals surface area contributed by atoms with Crippen LogP contribution in [-0.2, 0) is 0 Å². The lowest BCUT2D eigenvalue weighted by Crippen LogP contribution is -2.07. The molecule has 0 unspecified atom stereocenters. The van der Waals surface area contributed by atoms with Crippen molar-refractivity contribution in [1.29, 1.82) is 5.26 Å². The Hall–Kier alpha value is -3.26. The zero-order chi connectivity index (χ0) is 16.1. The molecule has 22 heavy (non-hydrogen) atoms. The number of dihydropyridines is 1. The fourth-order valence-electron chi connectivity index (χ4n) is 2.03. The van der Waals surface area contributed by atoms with Crippen molar-refractivity contribution in [3.8, 4) is 6.07 Å². The Kier molecular flexibility index (Phi) is 4.44. The van der Waals surface area contributed by atoms with Gasteiger partial charge in [-0.15, -0.1) is 0 Å². The van der Waals surface area contributed by atoms with Gasteiger partial charge >= 0.3 is 5.97 Å². The van der Waals surface area contributed by atoms with Crippen LogP contribution in [0.1, 0.15) is 22.8 Å². The summed E-state index contributed by atoms with van der Waals surface area (Å²) in [5.74, 6) is -1.06. The first-order valence-electron chi connectivity index (χ1n) is 6.58. The molecular formula is C17H15N3O2. The molecule has 1 heterocycles. The third-order valence-electron chi connectivity index (χ3n) is 3.22. The highest BCUT2D eigenvalue weighted by molar-refractivity contribution is 5.94. The first kappa shape index (κ1) is 15.1. The average Bonchev–Trinajstić information content (AvgIpc) is 2.52. The van der Waals surface area contributed by atoms with Gasteiger partial charge in [0.25, 0.3) is 0 Å². The monoisotopic (exact) mass is 293 g/mol. The second-order valence-electron chi connectivity index (χ2n) is 4.74. The molecule has 0 aliphatic carbocycles. The van der Waals surface area contributed by atoms with E-state index >= 15 is 0 Å². The number of nitriles is 1. The van der Waals surface area contributed by atoms with E-state index in [-0.39, 0.29) is 11.3 Å². The van der Waals surface area contributed by atoms with Crippen molar-refractivity contribution in [3.05, 3.63) is 71.1 Å². The van der Waals surface area contributed by atoms with Gasteiger partial charge < -0.3 is 16.2 Å². The lowest BCUT2D eigenvalue weighted by atomic mass is 10.0. The quantitative estimate of drug-likeness (QED) is 0.588. The summed E-state index contributed by atoms with van der Waals surface area (Å²) >= 11 is 0. The second kappa shape index (κ2) is 6.46. The Morgan fingerprint density at radius 1 is 1.41 bits per heavy atom. The molecule has 5 nitrogen and oxygen atoms in total. The number of anilines is 1. The summed E-state index contributed by atoms with van der Waals surface area (Å²) in [6, 6.07) is 6.88. The van der Waals surface area contributed by atoms with E-state index in [4.69, 9.17) is 10.8 Å². The van der Waals surface area contributed by atoms with Crippen LogP contribution in [0.4, 0.5) is 5.69 Å². The smallest absolute Gasteiger partial charge is 0.337 e. The molecular weight excluding hydrogens is 278 g/mol. The number of hydrogen-bond donors (Lipinski definition) is 3. The average molecular weight is 293 g/mol. The molecule has 2 rings (SSSR count). The van der Waals surface area contributed by atoms with Crippen LogP contribution in [0.2, 0.25) is 0 Å². The van der Waals surface area contributed by atoms with Crippen molar-refractivity contribution in [1.82, 2.24) is 5.32 Å². The van der Waals surface area contributed by atoms with Gasteiger partial charge in [-0.25, -0.2) is 4.79 Å². The van der Waals surface area contributed by atoms with Crippen LogP contribution >= 0.6 is 0 Å². The summed E-state index contributed by atoms with van der Waals surface area (Å²) in [4.78, 5) is 11.0. The molecule has 0 amide bonds. The van der Waals surface area contributed by atoms with Crippen LogP contribution in [-0.4, -0.2) is 11.1 Å². The molecule has 4 N–H and O–H groups in total. The van der Waals surface area contributed by atoms with Crippen LogP contribution < -0.4 is 11.1 Å². The van der Waals surface area contributed by atoms with Gasteiger partial charge in [-0.3, -0.25) is 0 Å². The zero-order valence-corrected chi connectivity index (χ0v) is 12.0. The third-order valence-corrected chi connectivity index (χ3v) is 3.22. The predicted octanol–water partition coefficient (Wildman–Crippen LogP) is 2.82. The predicted molar refractivity (Wildman–Crippen MR) is 85.5 cm³/mol. The molecule has 1 aromatic rings. The molecule has 1 aliphatic heterocycles. The SMILES string of the molecule is C/C(=C\C(C#N)=C1\C=CC=CN1)c1ccc(C(=O)O)c(N)c1. The van der Waals surface area contributed by atoms with E-state index in [2.05, 4.69) is 11.4 Å². The molecule has 5 heteroatoms. The summed E-state index contributed by atoms with van der Waals surface area (Å²) < 4.78 is 0. The fourth-order valence-corrected chi connectivity index (χ4v) is 2.03. The van der Waals surface area contributed by atoms with Crippen molar-refractivity contribution in [2.75, 3.05) is 5.73 Å². The Balaban J connectivity index is 2.38. The first-order valence-corrected chi connectivity index (χ1v) is 6.58. The minimum Gasteiger partial charge on any atom is -0.478 e. The highest BCUT2D eigenvalue weighted by atomic mass is 16.4. The summed E-state index contributed by atoms with van der Waals surface area (Å²) in [6.45, 7) is 1.84. The van der Waals surface area contributed by atoms with Crippen LogP contribution in [0.15, 0.2) is 60.0 Å². The molecule has 0 fully saturated rings. The zero-order valence-electron chi connectivity index (χ0n) is 12.0. The number of benzene rings is 1. The number of allylic oxidation sites excluding steroid dienone is 6. The van der Waals surface area contributed by atoms with E-state index in [1.165, 1.54) is 6.07 Å². The number of rotatable bonds is 3. The summed E-state index contributed by atoms with van der Waals surface area (Å²) in [7, 11) is 0. The van der Waals surface area contributed by atoms with Gasteiger partial charge in [-0.05, 0) is 48.4 Å². The van der Waals surface area contributed by atoms with Gasteiger partial charge in [0.1, 0.15) is 6.07 Å². The standard InChI is InChI=1S/C17H15N3O2/c1-11(8-13(10-18)16-4-2-3-7-20-16)12-5-6-14(17(21)22)15(19)9-12/h2-9,20H,19H2,1H3,(H,21,22)/b11-8+,16-13+. The second-order valence-corrected chi connectivity index (χ2v) is 4.74. The van der Waals surface area contributed by atoms with Crippen LogP contribution in [0.3, 0.4) is 0 Å². The van der Waals surface area contributed by atoms with E-state index in [0.29, 0.717) is 11.3 Å². The molecule has 1 aliphatic rings. The number of nitrogens with one attached hydrogen (secondary N) is 1. The lowest BCUT2D eigenvalue weighted by Gasteiger charge is -2.09. The van der Waals surface area contributed by atoms with Gasteiger partial charge in [-0.2, -0.15) is 5.26 Å². The molecule has 0 atom stereocenters.